The van der Waals surface area contributed by atoms with Crippen LogP contribution in [0.5, 0.6) is 0 Å². The Balaban J connectivity index is 1.65. The number of methoxy groups -OCH3 is 1. The minimum absolute atomic E-state index is 0.431. The van der Waals surface area contributed by atoms with Gasteiger partial charge in [-0.25, -0.2) is 0 Å². The van der Waals surface area contributed by atoms with E-state index in [2.05, 4.69) is 15.2 Å². The molecule has 1 saturated heterocycles. The predicted octanol–water partition coefficient (Wildman–Crippen LogP) is 0.779. The number of piperidine rings is 1. The van der Waals surface area contributed by atoms with E-state index in [1.807, 2.05) is 18.0 Å². The predicted molar refractivity (Wildman–Crippen MR) is 61.1 cm³/mol. The summed E-state index contributed by atoms with van der Waals surface area (Å²) in [6.07, 6.45) is 7.65. The lowest BCUT2D eigenvalue weighted by Gasteiger charge is -2.31. The molecule has 0 aliphatic carbocycles. The van der Waals surface area contributed by atoms with Gasteiger partial charge in [0.15, 0.2) is 0 Å². The summed E-state index contributed by atoms with van der Waals surface area (Å²) in [6, 6.07) is 0. The molecular formula is C11H20N4O. The highest BCUT2D eigenvalue weighted by Crippen LogP contribution is 2.12. The van der Waals surface area contributed by atoms with E-state index < -0.39 is 0 Å². The number of likely N-dealkylation sites (tertiary alicyclic amines) is 1. The van der Waals surface area contributed by atoms with Gasteiger partial charge in [0.25, 0.3) is 0 Å². The van der Waals surface area contributed by atoms with E-state index in [4.69, 9.17) is 4.74 Å². The number of aryl methyl sites for hydroxylation is 1. The van der Waals surface area contributed by atoms with Crippen LogP contribution in [-0.2, 0) is 11.3 Å². The Kier molecular flexibility index (Phi) is 4.30. The van der Waals surface area contributed by atoms with Crippen molar-refractivity contribution in [1.29, 1.82) is 0 Å². The zero-order chi connectivity index (χ0) is 11.2. The standard InChI is InChI=1S/C11H20N4O/c1-16-11-4-2-6-14(10-11)7-3-8-15-9-5-12-13-15/h5,9,11H,2-4,6-8,10H2,1H3. The summed E-state index contributed by atoms with van der Waals surface area (Å²) in [5.41, 5.74) is 0. The molecule has 5 heteroatoms. The molecule has 1 aromatic heterocycles. The third-order valence-electron chi connectivity index (χ3n) is 3.13. The van der Waals surface area contributed by atoms with Crippen LogP contribution in [0.1, 0.15) is 19.3 Å². The summed E-state index contributed by atoms with van der Waals surface area (Å²) in [5, 5.41) is 7.75. The molecule has 1 aliphatic heterocycles. The minimum Gasteiger partial charge on any atom is -0.380 e. The number of hydrogen-bond donors (Lipinski definition) is 0. The Morgan fingerprint density at radius 2 is 2.38 bits per heavy atom. The van der Waals surface area contributed by atoms with Crippen LogP contribution in [0.25, 0.3) is 0 Å². The summed E-state index contributed by atoms with van der Waals surface area (Å²) in [5.74, 6) is 0. The molecule has 2 heterocycles. The number of hydrogen-bond acceptors (Lipinski definition) is 4. The van der Waals surface area contributed by atoms with E-state index >= 15 is 0 Å². The minimum atomic E-state index is 0.431. The lowest BCUT2D eigenvalue weighted by molar-refractivity contribution is 0.0306. The molecule has 5 nitrogen and oxygen atoms in total. The molecule has 0 aromatic carbocycles. The molecule has 16 heavy (non-hydrogen) atoms. The first kappa shape index (κ1) is 11.5. The normalized spacial score (nSPS) is 22.4. The van der Waals surface area contributed by atoms with Gasteiger partial charge < -0.3 is 9.64 Å². The first-order valence-electron chi connectivity index (χ1n) is 5.98. The Morgan fingerprint density at radius 3 is 3.12 bits per heavy atom. The van der Waals surface area contributed by atoms with E-state index in [1.54, 1.807) is 6.20 Å². The Labute approximate surface area is 96.4 Å². The van der Waals surface area contributed by atoms with E-state index in [9.17, 15) is 0 Å². The molecule has 1 aromatic rings. The summed E-state index contributed by atoms with van der Waals surface area (Å²) in [6.45, 7) is 4.36. The molecule has 0 bridgehead atoms. The van der Waals surface area contributed by atoms with Crippen LogP contribution < -0.4 is 0 Å². The van der Waals surface area contributed by atoms with Crippen LogP contribution in [0.2, 0.25) is 0 Å². The van der Waals surface area contributed by atoms with Gasteiger partial charge in [-0.1, -0.05) is 5.21 Å². The maximum atomic E-state index is 5.40. The molecule has 1 atom stereocenters. The second-order valence-corrected chi connectivity index (χ2v) is 4.32. The molecule has 1 aliphatic rings. The molecule has 0 saturated carbocycles. The maximum absolute atomic E-state index is 5.40. The number of nitrogens with zero attached hydrogens (tertiary/aromatic N) is 4. The summed E-state index contributed by atoms with van der Waals surface area (Å²) in [4.78, 5) is 2.48. The fourth-order valence-corrected chi connectivity index (χ4v) is 2.22. The highest BCUT2D eigenvalue weighted by molar-refractivity contribution is 4.73. The Hall–Kier alpha value is -0.940. The fraction of sp³-hybridized carbons (Fsp3) is 0.818. The monoisotopic (exact) mass is 224 g/mol. The average molecular weight is 224 g/mol. The van der Waals surface area contributed by atoms with Gasteiger partial charge in [-0.05, 0) is 25.8 Å². The van der Waals surface area contributed by atoms with Crippen molar-refractivity contribution >= 4 is 0 Å². The summed E-state index contributed by atoms with van der Waals surface area (Å²) < 4.78 is 7.29. The molecular weight excluding hydrogens is 204 g/mol. The molecule has 1 unspecified atom stereocenters. The van der Waals surface area contributed by atoms with Gasteiger partial charge in [0.1, 0.15) is 0 Å². The number of aromatic nitrogens is 3. The van der Waals surface area contributed by atoms with Gasteiger partial charge in [-0.15, -0.1) is 5.10 Å². The third-order valence-corrected chi connectivity index (χ3v) is 3.13. The van der Waals surface area contributed by atoms with Crippen LogP contribution in [0.3, 0.4) is 0 Å². The van der Waals surface area contributed by atoms with E-state index in [1.165, 1.54) is 19.4 Å². The van der Waals surface area contributed by atoms with E-state index in [0.717, 1.165) is 26.1 Å². The Morgan fingerprint density at radius 1 is 1.44 bits per heavy atom. The second kappa shape index (κ2) is 5.96. The molecule has 0 radical (unpaired) electrons. The van der Waals surface area contributed by atoms with Crippen molar-refractivity contribution in [3.63, 3.8) is 0 Å². The highest BCUT2D eigenvalue weighted by Gasteiger charge is 2.18. The van der Waals surface area contributed by atoms with Crippen molar-refractivity contribution in [3.05, 3.63) is 12.4 Å². The van der Waals surface area contributed by atoms with Gasteiger partial charge in [-0.3, -0.25) is 4.68 Å². The van der Waals surface area contributed by atoms with Crippen molar-refractivity contribution in [2.45, 2.75) is 31.9 Å². The maximum Gasteiger partial charge on any atom is 0.0698 e. The van der Waals surface area contributed by atoms with Crippen LogP contribution in [0, 0.1) is 0 Å². The van der Waals surface area contributed by atoms with Gasteiger partial charge in [-0.2, -0.15) is 0 Å². The van der Waals surface area contributed by atoms with Crippen LogP contribution in [0.15, 0.2) is 12.4 Å². The van der Waals surface area contributed by atoms with Crippen molar-refractivity contribution in [2.24, 2.45) is 0 Å². The average Bonchev–Trinajstić information content (AvgIpc) is 2.82. The lowest BCUT2D eigenvalue weighted by atomic mass is 10.1. The second-order valence-electron chi connectivity index (χ2n) is 4.32. The third kappa shape index (κ3) is 3.28. The van der Waals surface area contributed by atoms with Gasteiger partial charge >= 0.3 is 0 Å². The fourth-order valence-electron chi connectivity index (χ4n) is 2.22. The van der Waals surface area contributed by atoms with Crippen LogP contribution in [-0.4, -0.2) is 52.7 Å². The van der Waals surface area contributed by atoms with Crippen molar-refractivity contribution in [2.75, 3.05) is 26.7 Å². The quantitative estimate of drug-likeness (QED) is 0.741. The molecule has 0 amide bonds. The first-order valence-corrected chi connectivity index (χ1v) is 5.98. The van der Waals surface area contributed by atoms with Crippen molar-refractivity contribution < 1.29 is 4.74 Å². The van der Waals surface area contributed by atoms with Crippen LogP contribution >= 0.6 is 0 Å². The SMILES string of the molecule is COC1CCCN(CCCn2ccnn2)C1. The highest BCUT2D eigenvalue weighted by atomic mass is 16.5. The van der Waals surface area contributed by atoms with Gasteiger partial charge in [0, 0.05) is 32.9 Å². The molecule has 0 N–H and O–H groups in total. The van der Waals surface area contributed by atoms with E-state index in [-0.39, 0.29) is 0 Å². The first-order chi connectivity index (χ1) is 7.88. The van der Waals surface area contributed by atoms with Crippen molar-refractivity contribution in [3.8, 4) is 0 Å². The topological polar surface area (TPSA) is 43.2 Å². The summed E-state index contributed by atoms with van der Waals surface area (Å²) >= 11 is 0. The van der Waals surface area contributed by atoms with Gasteiger partial charge in [0.2, 0.25) is 0 Å². The van der Waals surface area contributed by atoms with Crippen LogP contribution in [0.4, 0.5) is 0 Å². The van der Waals surface area contributed by atoms with E-state index in [0.29, 0.717) is 6.10 Å². The zero-order valence-electron chi connectivity index (χ0n) is 9.88. The number of ether oxygens (including phenoxy) is 1. The summed E-state index contributed by atoms with van der Waals surface area (Å²) in [7, 11) is 1.81. The molecule has 2 rings (SSSR count). The molecule has 1 fully saturated rings. The van der Waals surface area contributed by atoms with Crippen molar-refractivity contribution in [1.82, 2.24) is 19.9 Å². The number of rotatable bonds is 5. The largest absolute Gasteiger partial charge is 0.380 e. The Bertz CT molecular complexity index is 288. The lowest BCUT2D eigenvalue weighted by Crippen LogP contribution is -2.39. The smallest absolute Gasteiger partial charge is 0.0698 e. The van der Waals surface area contributed by atoms with Gasteiger partial charge in [0.05, 0.1) is 12.3 Å². The zero-order valence-corrected chi connectivity index (χ0v) is 9.88. The molecule has 90 valence electrons. The molecule has 0 spiro atoms.